The van der Waals surface area contributed by atoms with Gasteiger partial charge in [-0.2, -0.15) is 0 Å². The third kappa shape index (κ3) is 2.83. The summed E-state index contributed by atoms with van der Waals surface area (Å²) in [7, 11) is 0. The maximum Gasteiger partial charge on any atom is 0.219 e. The van der Waals surface area contributed by atoms with E-state index in [4.69, 9.17) is 5.73 Å². The number of carbonyl (C=O) groups is 1. The van der Waals surface area contributed by atoms with Crippen LogP contribution in [0.2, 0.25) is 0 Å². The van der Waals surface area contributed by atoms with Gasteiger partial charge in [-0.15, -0.1) is 0 Å². The number of hydrogen-bond acceptors (Lipinski definition) is 5. The van der Waals surface area contributed by atoms with Crippen LogP contribution in [0.25, 0.3) is 0 Å². The number of carbonyl (C=O) groups excluding carboxylic acids is 1. The van der Waals surface area contributed by atoms with Crippen LogP contribution in [0.3, 0.4) is 0 Å². The minimum absolute atomic E-state index is 0.133. The number of aromatic nitrogens is 2. The van der Waals surface area contributed by atoms with Crippen LogP contribution < -0.4 is 10.6 Å². The Morgan fingerprint density at radius 1 is 1.29 bits per heavy atom. The molecule has 0 aliphatic carbocycles. The van der Waals surface area contributed by atoms with E-state index in [2.05, 4.69) is 14.9 Å². The summed E-state index contributed by atoms with van der Waals surface area (Å²) in [6.07, 6.45) is 2.42. The van der Waals surface area contributed by atoms with E-state index in [1.165, 1.54) is 6.33 Å². The zero-order valence-corrected chi connectivity index (χ0v) is 9.96. The van der Waals surface area contributed by atoms with Gasteiger partial charge in [0.2, 0.25) is 5.91 Å². The fourth-order valence-corrected chi connectivity index (χ4v) is 2.00. The summed E-state index contributed by atoms with van der Waals surface area (Å²) in [5.74, 6) is 1.44. The minimum Gasteiger partial charge on any atom is -0.384 e. The van der Waals surface area contributed by atoms with Gasteiger partial charge in [0.15, 0.2) is 0 Å². The fraction of sp³-hybridized carbons (Fsp3) is 0.545. The zero-order chi connectivity index (χ0) is 12.3. The van der Waals surface area contributed by atoms with Gasteiger partial charge in [0.1, 0.15) is 18.0 Å². The highest BCUT2D eigenvalue weighted by molar-refractivity contribution is 5.73. The Morgan fingerprint density at radius 2 is 2.12 bits per heavy atom. The van der Waals surface area contributed by atoms with Crippen molar-refractivity contribution in [2.45, 2.75) is 13.3 Å². The Morgan fingerprint density at radius 3 is 2.82 bits per heavy atom. The van der Waals surface area contributed by atoms with E-state index in [9.17, 15) is 4.79 Å². The number of nitrogens with zero attached hydrogens (tertiary/aromatic N) is 4. The van der Waals surface area contributed by atoms with E-state index < -0.39 is 0 Å². The molecule has 0 aromatic carbocycles. The molecular formula is C11H17N5O. The van der Waals surface area contributed by atoms with Gasteiger partial charge < -0.3 is 15.5 Å². The predicted molar refractivity (Wildman–Crippen MR) is 65.5 cm³/mol. The molecule has 1 aromatic heterocycles. The van der Waals surface area contributed by atoms with Gasteiger partial charge in [-0.3, -0.25) is 4.79 Å². The third-order valence-electron chi connectivity index (χ3n) is 2.94. The van der Waals surface area contributed by atoms with Crippen molar-refractivity contribution < 1.29 is 4.79 Å². The van der Waals surface area contributed by atoms with E-state index in [0.717, 1.165) is 38.4 Å². The van der Waals surface area contributed by atoms with Crippen LogP contribution in [0.15, 0.2) is 12.4 Å². The van der Waals surface area contributed by atoms with Crippen molar-refractivity contribution in [3.8, 4) is 0 Å². The van der Waals surface area contributed by atoms with Gasteiger partial charge in [-0.05, 0) is 6.42 Å². The van der Waals surface area contributed by atoms with Crippen LogP contribution >= 0.6 is 0 Å². The molecule has 0 bridgehead atoms. The number of amides is 1. The molecule has 1 amide bonds. The topological polar surface area (TPSA) is 75.4 Å². The Bertz CT molecular complexity index is 409. The van der Waals surface area contributed by atoms with Crippen molar-refractivity contribution in [2.75, 3.05) is 36.8 Å². The average molecular weight is 235 g/mol. The monoisotopic (exact) mass is 235 g/mol. The van der Waals surface area contributed by atoms with E-state index in [1.54, 1.807) is 13.0 Å². The van der Waals surface area contributed by atoms with Gasteiger partial charge in [-0.25, -0.2) is 9.97 Å². The molecule has 2 heterocycles. The second-order valence-electron chi connectivity index (χ2n) is 4.15. The first-order chi connectivity index (χ1) is 8.16. The molecule has 0 saturated carbocycles. The first-order valence-electron chi connectivity index (χ1n) is 5.75. The maximum absolute atomic E-state index is 11.3. The molecule has 0 unspecified atom stereocenters. The number of nitrogens with two attached hydrogens (primary N) is 1. The summed E-state index contributed by atoms with van der Waals surface area (Å²) in [5, 5.41) is 0. The van der Waals surface area contributed by atoms with Gasteiger partial charge >= 0.3 is 0 Å². The van der Waals surface area contributed by atoms with Crippen molar-refractivity contribution in [3.05, 3.63) is 12.4 Å². The van der Waals surface area contributed by atoms with Crippen molar-refractivity contribution >= 4 is 17.5 Å². The molecule has 6 heteroatoms. The summed E-state index contributed by atoms with van der Waals surface area (Å²) in [6, 6.07) is 1.77. The third-order valence-corrected chi connectivity index (χ3v) is 2.94. The van der Waals surface area contributed by atoms with Crippen molar-refractivity contribution in [2.24, 2.45) is 0 Å². The molecule has 2 N–H and O–H groups in total. The lowest BCUT2D eigenvalue weighted by molar-refractivity contribution is -0.128. The number of rotatable bonds is 1. The normalized spacial score (nSPS) is 16.8. The molecule has 0 atom stereocenters. The van der Waals surface area contributed by atoms with Crippen LogP contribution in [-0.2, 0) is 4.79 Å². The molecule has 92 valence electrons. The molecule has 1 fully saturated rings. The lowest BCUT2D eigenvalue weighted by Gasteiger charge is -2.22. The van der Waals surface area contributed by atoms with Crippen LogP contribution in [0.1, 0.15) is 13.3 Å². The first kappa shape index (κ1) is 11.6. The summed E-state index contributed by atoms with van der Waals surface area (Å²) < 4.78 is 0. The zero-order valence-electron chi connectivity index (χ0n) is 9.96. The summed E-state index contributed by atoms with van der Waals surface area (Å²) >= 11 is 0. The smallest absolute Gasteiger partial charge is 0.219 e. The van der Waals surface area contributed by atoms with Crippen molar-refractivity contribution in [1.29, 1.82) is 0 Å². The Kier molecular flexibility index (Phi) is 3.41. The van der Waals surface area contributed by atoms with Gasteiger partial charge in [0.25, 0.3) is 0 Å². The first-order valence-corrected chi connectivity index (χ1v) is 5.75. The second kappa shape index (κ2) is 4.99. The highest BCUT2D eigenvalue weighted by Crippen LogP contribution is 2.14. The second-order valence-corrected chi connectivity index (χ2v) is 4.15. The lowest BCUT2D eigenvalue weighted by atomic mass is 10.3. The highest BCUT2D eigenvalue weighted by atomic mass is 16.2. The Hall–Kier alpha value is -1.85. The summed E-state index contributed by atoms with van der Waals surface area (Å²) in [4.78, 5) is 23.4. The lowest BCUT2D eigenvalue weighted by Crippen LogP contribution is -2.33. The molecule has 2 rings (SSSR count). The minimum atomic E-state index is 0.133. The molecule has 1 aromatic rings. The van der Waals surface area contributed by atoms with E-state index >= 15 is 0 Å². The van der Waals surface area contributed by atoms with Crippen LogP contribution in [-0.4, -0.2) is 47.0 Å². The van der Waals surface area contributed by atoms with Crippen LogP contribution in [0, 0.1) is 0 Å². The average Bonchev–Trinajstić information content (AvgIpc) is 2.54. The van der Waals surface area contributed by atoms with Crippen LogP contribution in [0.5, 0.6) is 0 Å². The Balaban J connectivity index is 2.06. The number of hydrogen-bond donors (Lipinski definition) is 1. The van der Waals surface area contributed by atoms with Gasteiger partial charge in [0, 0.05) is 39.2 Å². The van der Waals surface area contributed by atoms with E-state index in [0.29, 0.717) is 5.82 Å². The molecule has 0 radical (unpaired) electrons. The van der Waals surface area contributed by atoms with E-state index in [1.807, 2.05) is 4.90 Å². The van der Waals surface area contributed by atoms with Crippen molar-refractivity contribution in [1.82, 2.24) is 14.9 Å². The molecule has 1 aliphatic heterocycles. The summed E-state index contributed by atoms with van der Waals surface area (Å²) in [6.45, 7) is 4.83. The summed E-state index contributed by atoms with van der Waals surface area (Å²) in [5.41, 5.74) is 5.64. The molecule has 0 spiro atoms. The van der Waals surface area contributed by atoms with E-state index in [-0.39, 0.29) is 5.91 Å². The molecule has 17 heavy (non-hydrogen) atoms. The SMILES string of the molecule is CC(=O)N1CCCN(c2cc(N)ncn2)CC1. The van der Waals surface area contributed by atoms with Gasteiger partial charge in [-0.1, -0.05) is 0 Å². The standard InChI is InChI=1S/C11H17N5O/c1-9(17)15-3-2-4-16(6-5-15)11-7-10(12)13-8-14-11/h7-8H,2-6H2,1H3,(H2,12,13,14). The highest BCUT2D eigenvalue weighted by Gasteiger charge is 2.17. The van der Waals surface area contributed by atoms with Gasteiger partial charge in [0.05, 0.1) is 0 Å². The maximum atomic E-state index is 11.3. The molecule has 6 nitrogen and oxygen atoms in total. The molecule has 1 saturated heterocycles. The molecule has 1 aliphatic rings. The number of nitrogen functional groups attached to an aromatic ring is 1. The quantitative estimate of drug-likeness (QED) is 0.748. The van der Waals surface area contributed by atoms with Crippen LogP contribution in [0.4, 0.5) is 11.6 Å². The largest absolute Gasteiger partial charge is 0.384 e. The Labute approximate surface area is 100 Å². The number of anilines is 2. The predicted octanol–water partition coefficient (Wildman–Crippen LogP) is 0.117. The van der Waals surface area contributed by atoms with Crippen molar-refractivity contribution in [3.63, 3.8) is 0 Å². The fourth-order valence-electron chi connectivity index (χ4n) is 2.00. The molecular weight excluding hydrogens is 218 g/mol.